The summed E-state index contributed by atoms with van der Waals surface area (Å²) in [5.41, 5.74) is 1.40. The molecule has 0 spiro atoms. The molecule has 0 aromatic heterocycles. The number of carbonyl (C=O) groups is 3. The average Bonchev–Trinajstić information content (AvgIpc) is 3.25. The number of amides is 4. The first-order valence-corrected chi connectivity index (χ1v) is 10.1. The summed E-state index contributed by atoms with van der Waals surface area (Å²) in [6.07, 6.45) is 1.27. The van der Waals surface area contributed by atoms with Crippen LogP contribution in [0.25, 0.3) is 0 Å². The van der Waals surface area contributed by atoms with Crippen molar-refractivity contribution in [3.8, 4) is 11.5 Å². The van der Waals surface area contributed by atoms with Crippen LogP contribution in [0, 0.1) is 0 Å². The number of hydrogen-bond donors (Lipinski definition) is 3. The molecule has 9 nitrogen and oxygen atoms in total. The summed E-state index contributed by atoms with van der Waals surface area (Å²) in [6.45, 7) is 0.337. The second kappa shape index (κ2) is 8.73. The van der Waals surface area contributed by atoms with Gasteiger partial charge < -0.3 is 30.3 Å². The van der Waals surface area contributed by atoms with Crippen molar-refractivity contribution in [2.24, 2.45) is 0 Å². The van der Waals surface area contributed by atoms with E-state index in [0.29, 0.717) is 47.9 Å². The van der Waals surface area contributed by atoms with E-state index in [-0.39, 0.29) is 23.4 Å². The number of ether oxygens (including phenoxy) is 2. The van der Waals surface area contributed by atoms with Gasteiger partial charge >= 0.3 is 6.03 Å². The third kappa shape index (κ3) is 4.51. The van der Waals surface area contributed by atoms with Crippen molar-refractivity contribution in [1.82, 2.24) is 4.90 Å². The van der Waals surface area contributed by atoms with E-state index in [2.05, 4.69) is 16.0 Å². The molecule has 0 radical (unpaired) electrons. The number of methoxy groups -OCH3 is 1. The van der Waals surface area contributed by atoms with Crippen molar-refractivity contribution in [3.63, 3.8) is 0 Å². The van der Waals surface area contributed by atoms with Gasteiger partial charge in [-0.3, -0.25) is 9.59 Å². The van der Waals surface area contributed by atoms with E-state index >= 15 is 0 Å². The Morgan fingerprint density at radius 3 is 2.74 bits per heavy atom. The highest BCUT2D eigenvalue weighted by atomic mass is 35.5. The van der Waals surface area contributed by atoms with Crippen LogP contribution in [0.4, 0.5) is 21.9 Å². The number of nitrogens with zero attached hydrogens (tertiary/aromatic N) is 1. The molecule has 1 saturated heterocycles. The van der Waals surface area contributed by atoms with E-state index < -0.39 is 12.1 Å². The van der Waals surface area contributed by atoms with Gasteiger partial charge in [-0.15, -0.1) is 0 Å². The molecule has 0 bridgehead atoms. The van der Waals surface area contributed by atoms with Crippen molar-refractivity contribution in [3.05, 3.63) is 41.4 Å². The summed E-state index contributed by atoms with van der Waals surface area (Å²) in [5.74, 6) is 0.559. The first-order valence-electron chi connectivity index (χ1n) is 9.73. The molecule has 4 amide bonds. The zero-order valence-electron chi connectivity index (χ0n) is 16.7. The molecule has 10 heteroatoms. The van der Waals surface area contributed by atoms with Crippen molar-refractivity contribution in [2.45, 2.75) is 18.9 Å². The number of likely N-dealkylation sites (tertiary alicyclic amines) is 1. The summed E-state index contributed by atoms with van der Waals surface area (Å²) < 4.78 is 10.5. The van der Waals surface area contributed by atoms with Crippen molar-refractivity contribution >= 4 is 46.5 Å². The van der Waals surface area contributed by atoms with Gasteiger partial charge in [0.1, 0.15) is 17.5 Å². The zero-order valence-corrected chi connectivity index (χ0v) is 17.5. The Bertz CT molecular complexity index is 1030. The van der Waals surface area contributed by atoms with Crippen LogP contribution >= 0.6 is 11.6 Å². The molecule has 2 heterocycles. The van der Waals surface area contributed by atoms with Crippen molar-refractivity contribution in [2.75, 3.05) is 36.2 Å². The summed E-state index contributed by atoms with van der Waals surface area (Å²) >= 11 is 6.26. The number of rotatable bonds is 4. The Morgan fingerprint density at radius 1 is 1.23 bits per heavy atom. The standard InChI is InChI=1S/C21H21ClN4O5/c1-30-13-6-4-12(5-7-13)23-20(28)17-3-2-8-26(17)21(29)25-15-10-18-16(9-14(15)22)24-19(27)11-31-18/h4-7,9-10,17H,2-3,8,11H2,1H3,(H,23,28)(H,24,27)(H,25,29)/t17-/m1/s1. The first kappa shape index (κ1) is 20.8. The van der Waals surface area contributed by atoms with Gasteiger partial charge in [-0.1, -0.05) is 11.6 Å². The number of benzene rings is 2. The number of halogens is 1. The first-order chi connectivity index (χ1) is 14.9. The molecule has 31 heavy (non-hydrogen) atoms. The lowest BCUT2D eigenvalue weighted by Crippen LogP contribution is -2.45. The van der Waals surface area contributed by atoms with E-state index in [9.17, 15) is 14.4 Å². The summed E-state index contributed by atoms with van der Waals surface area (Å²) in [6, 6.07) is 9.00. The second-order valence-corrected chi connectivity index (χ2v) is 7.57. The quantitative estimate of drug-likeness (QED) is 0.670. The lowest BCUT2D eigenvalue weighted by atomic mass is 10.2. The van der Waals surface area contributed by atoms with Gasteiger partial charge in [-0.2, -0.15) is 0 Å². The molecule has 4 rings (SSSR count). The minimum atomic E-state index is -0.603. The average molecular weight is 445 g/mol. The smallest absolute Gasteiger partial charge is 0.322 e. The highest BCUT2D eigenvalue weighted by Crippen LogP contribution is 2.36. The minimum absolute atomic E-state index is 0.109. The van der Waals surface area contributed by atoms with Crippen LogP contribution in [-0.2, 0) is 9.59 Å². The minimum Gasteiger partial charge on any atom is -0.497 e. The molecule has 0 aliphatic carbocycles. The van der Waals surface area contributed by atoms with Gasteiger partial charge in [-0.05, 0) is 43.2 Å². The van der Waals surface area contributed by atoms with Crippen LogP contribution in [-0.4, -0.2) is 49.0 Å². The van der Waals surface area contributed by atoms with Crippen molar-refractivity contribution in [1.29, 1.82) is 0 Å². The maximum atomic E-state index is 12.9. The molecule has 2 aliphatic heterocycles. The SMILES string of the molecule is COc1ccc(NC(=O)[C@H]2CCCN2C(=O)Nc2cc3c(cc2Cl)NC(=O)CO3)cc1. The molecule has 2 aromatic rings. The number of nitrogens with one attached hydrogen (secondary N) is 3. The van der Waals surface area contributed by atoms with Gasteiger partial charge in [0.05, 0.1) is 23.5 Å². The lowest BCUT2D eigenvalue weighted by molar-refractivity contribution is -0.120. The zero-order chi connectivity index (χ0) is 22.0. The third-order valence-corrected chi connectivity index (χ3v) is 5.43. The molecular formula is C21H21ClN4O5. The van der Waals surface area contributed by atoms with Crippen LogP contribution in [0.3, 0.4) is 0 Å². The monoisotopic (exact) mass is 444 g/mol. The molecule has 1 fully saturated rings. The Labute approximate surface area is 183 Å². The fourth-order valence-electron chi connectivity index (χ4n) is 3.57. The number of urea groups is 1. The summed E-state index contributed by atoms with van der Waals surface area (Å²) in [7, 11) is 1.57. The Kier molecular flexibility index (Phi) is 5.85. The molecular weight excluding hydrogens is 424 g/mol. The lowest BCUT2D eigenvalue weighted by Gasteiger charge is -2.25. The predicted molar refractivity (Wildman–Crippen MR) is 116 cm³/mol. The maximum Gasteiger partial charge on any atom is 0.322 e. The van der Waals surface area contributed by atoms with Crippen molar-refractivity contribution < 1.29 is 23.9 Å². The third-order valence-electron chi connectivity index (χ3n) is 5.12. The fourth-order valence-corrected chi connectivity index (χ4v) is 3.78. The highest BCUT2D eigenvalue weighted by molar-refractivity contribution is 6.34. The van der Waals surface area contributed by atoms with E-state index in [4.69, 9.17) is 21.1 Å². The number of fused-ring (bicyclic) bond motifs is 1. The maximum absolute atomic E-state index is 12.9. The molecule has 2 aliphatic rings. The van der Waals surface area contributed by atoms with E-state index in [1.165, 1.54) is 11.0 Å². The van der Waals surface area contributed by atoms with E-state index in [1.54, 1.807) is 37.4 Å². The van der Waals surface area contributed by atoms with Crippen LogP contribution in [0.5, 0.6) is 11.5 Å². The van der Waals surface area contributed by atoms with E-state index in [1.807, 2.05) is 0 Å². The van der Waals surface area contributed by atoms with Crippen LogP contribution in [0.2, 0.25) is 5.02 Å². The summed E-state index contributed by atoms with van der Waals surface area (Å²) in [4.78, 5) is 38.6. The van der Waals surface area contributed by atoms with Gasteiger partial charge in [0.15, 0.2) is 6.61 Å². The van der Waals surface area contributed by atoms with Gasteiger partial charge in [0.25, 0.3) is 5.91 Å². The molecule has 0 saturated carbocycles. The van der Waals surface area contributed by atoms with Gasteiger partial charge in [0.2, 0.25) is 5.91 Å². The Balaban J connectivity index is 1.44. The molecule has 0 unspecified atom stereocenters. The second-order valence-electron chi connectivity index (χ2n) is 7.16. The van der Waals surface area contributed by atoms with Gasteiger partial charge in [-0.25, -0.2) is 4.79 Å². The summed E-state index contributed by atoms with van der Waals surface area (Å²) in [5, 5.41) is 8.48. The van der Waals surface area contributed by atoms with E-state index in [0.717, 1.165) is 0 Å². The molecule has 162 valence electrons. The fraction of sp³-hybridized carbons (Fsp3) is 0.286. The molecule has 3 N–H and O–H groups in total. The molecule has 1 atom stereocenters. The largest absolute Gasteiger partial charge is 0.497 e. The van der Waals surface area contributed by atoms with Crippen LogP contribution < -0.4 is 25.4 Å². The number of anilines is 3. The highest BCUT2D eigenvalue weighted by Gasteiger charge is 2.34. The van der Waals surface area contributed by atoms with Gasteiger partial charge in [0, 0.05) is 18.3 Å². The molecule has 2 aromatic carbocycles. The van der Waals surface area contributed by atoms with Crippen LogP contribution in [0.1, 0.15) is 12.8 Å². The Morgan fingerprint density at radius 2 is 2.00 bits per heavy atom. The Hall–Kier alpha value is -3.46. The normalized spacial score (nSPS) is 17.3. The topological polar surface area (TPSA) is 109 Å². The number of carbonyl (C=O) groups excluding carboxylic acids is 3. The van der Waals surface area contributed by atoms with Crippen LogP contribution in [0.15, 0.2) is 36.4 Å². The predicted octanol–water partition coefficient (Wildman–Crippen LogP) is 3.31. The number of hydrogen-bond acceptors (Lipinski definition) is 5.